The van der Waals surface area contributed by atoms with Crippen LogP contribution in [-0.4, -0.2) is 28.0 Å². The van der Waals surface area contributed by atoms with Crippen molar-refractivity contribution in [2.24, 2.45) is 0 Å². The molecule has 4 rings (SSSR count). The molecule has 9 heteroatoms. The number of phenols is 1. The van der Waals surface area contributed by atoms with E-state index in [9.17, 15) is 4.79 Å². The maximum absolute atomic E-state index is 12.8. The van der Waals surface area contributed by atoms with E-state index in [0.29, 0.717) is 21.2 Å². The lowest BCUT2D eigenvalue weighted by molar-refractivity contribution is -0.662. The first kappa shape index (κ1) is 10.5. The minimum atomic E-state index is -1.04. The Morgan fingerprint density at radius 2 is 2.28 bits per heavy atom. The Balaban J connectivity index is 1.81. The second-order valence-corrected chi connectivity index (χ2v) is 5.48. The maximum Gasteiger partial charge on any atom is 0.351 e. The quantitative estimate of drug-likeness (QED) is 0.324. The number of nitrogens with one attached hydrogen (secondary N) is 3. The molecule has 1 aliphatic heterocycles. The van der Waals surface area contributed by atoms with Gasteiger partial charge in [-0.3, -0.25) is 4.79 Å². The van der Waals surface area contributed by atoms with Crippen LogP contribution in [0.3, 0.4) is 0 Å². The molecule has 0 unspecified atom stereocenters. The van der Waals surface area contributed by atoms with Crippen LogP contribution in [0.15, 0.2) is 48.5 Å². The number of aromatic amines is 1. The highest BCUT2D eigenvalue weighted by Crippen LogP contribution is 2.28. The Kier molecular flexibility index (Phi) is 2.48. The molecule has 0 saturated carbocycles. The smallest absolute Gasteiger partial charge is 0.351 e. The normalized spacial score (nSPS) is 17.2. The predicted molar refractivity (Wildman–Crippen MR) is 91.3 cm³/mol. The second kappa shape index (κ2) is 5.91. The number of fused-ring (bicyclic) bond motifs is 3. The molecular formula is C16H12ClN6O2+. The van der Waals surface area contributed by atoms with Gasteiger partial charge < -0.3 is 15.7 Å². The van der Waals surface area contributed by atoms with Gasteiger partial charge in [-0.25, -0.2) is 0 Å². The molecule has 1 aliphatic rings. The lowest BCUT2D eigenvalue weighted by atomic mass is 10.2. The number of phenolic OH excluding ortho intramolecular Hbond substituents is 1. The number of tetrazole rings is 1. The van der Waals surface area contributed by atoms with E-state index in [0.717, 1.165) is 5.31 Å². The molecule has 2 heterocycles. The Labute approximate surface area is 154 Å². The average molecular weight is 361 g/mol. The van der Waals surface area contributed by atoms with Crippen molar-refractivity contribution < 1.29 is 20.2 Å². The molecular weight excluding hydrogens is 344 g/mol. The number of amides is 1. The highest BCUT2D eigenvalue weighted by Gasteiger charge is 2.29. The second-order valence-electron chi connectivity index (χ2n) is 5.04. The topological polar surface area (TPSA) is 107 Å². The summed E-state index contributed by atoms with van der Waals surface area (Å²) in [5.41, 5.74) is 0.470. The van der Waals surface area contributed by atoms with Crippen LogP contribution in [-0.2, 0) is 4.79 Å². The third-order valence-corrected chi connectivity index (χ3v) is 3.61. The summed E-state index contributed by atoms with van der Waals surface area (Å²) in [6.45, 7) is 0. The van der Waals surface area contributed by atoms with Crippen LogP contribution >= 0.6 is 11.6 Å². The standard InChI is InChI=1S/C16H11ClN6O2/c17-9-1-6-14-12(7-9)19-13(16-20-21-22-23(14)16)8-15(25)18-10-2-4-11(24)5-3-10/h1-8H,(H3,18,19,20,21,22,24,25)/p+1/i8D/hD4. The number of halogens is 1. The minimum absolute atomic E-state index is 0.0838. The van der Waals surface area contributed by atoms with Gasteiger partial charge in [0.2, 0.25) is 0 Å². The zero-order valence-corrected chi connectivity index (χ0v) is 13.2. The number of aromatic hydroxyl groups is 1. The Bertz CT molecular complexity index is 1190. The van der Waals surface area contributed by atoms with Crippen molar-refractivity contribution in [1.82, 2.24) is 15.5 Å². The summed E-state index contributed by atoms with van der Waals surface area (Å²) in [5, 5.41) is 14.2. The minimum Gasteiger partial charge on any atom is -0.508 e. The van der Waals surface area contributed by atoms with Crippen LogP contribution in [0, 0.1) is 0 Å². The fourth-order valence-corrected chi connectivity index (χ4v) is 2.45. The molecule has 1 aromatic heterocycles. The number of carbonyl (C=O) groups is 1. The summed E-state index contributed by atoms with van der Waals surface area (Å²) in [4.78, 5) is 12.8. The van der Waals surface area contributed by atoms with E-state index in [4.69, 9.17) is 18.6 Å². The first-order chi connectivity index (χ1) is 14.3. The monoisotopic (exact) mass is 360 g/mol. The average Bonchev–Trinajstić information content (AvgIpc) is 3.13. The van der Waals surface area contributed by atoms with Crippen LogP contribution in [0.25, 0.3) is 11.4 Å². The van der Waals surface area contributed by atoms with Crippen molar-refractivity contribution in [3.8, 4) is 11.4 Å². The van der Waals surface area contributed by atoms with Gasteiger partial charge in [-0.15, -0.1) is 0 Å². The number of H-pyrrole nitrogens is 1. The van der Waals surface area contributed by atoms with Crippen molar-refractivity contribution in [2.75, 3.05) is 10.6 Å². The van der Waals surface area contributed by atoms with Gasteiger partial charge in [0.15, 0.2) is 8.51 Å². The highest BCUT2D eigenvalue weighted by atomic mass is 35.5. The van der Waals surface area contributed by atoms with Gasteiger partial charge in [0, 0.05) is 16.8 Å². The number of nitrogens with zero attached hydrogens (tertiary/aromatic N) is 3. The van der Waals surface area contributed by atoms with Gasteiger partial charge >= 0.3 is 7.24 Å². The third-order valence-electron chi connectivity index (χ3n) is 3.37. The van der Waals surface area contributed by atoms with Crippen molar-refractivity contribution in [3.63, 3.8) is 0 Å². The largest absolute Gasteiger partial charge is 0.508 e. The van der Waals surface area contributed by atoms with Crippen LogP contribution in [0.5, 0.6) is 5.75 Å². The number of carbonyl (C=O) groups excluding carboxylic acids is 1. The zero-order chi connectivity index (χ0) is 21.6. The maximum atomic E-state index is 12.8. The zero-order valence-electron chi connectivity index (χ0n) is 17.4. The van der Waals surface area contributed by atoms with E-state index in [1.807, 2.05) is 0 Å². The first-order valence-corrected chi connectivity index (χ1v) is 7.45. The lowest BCUT2D eigenvalue weighted by Gasteiger charge is -2.16. The molecule has 0 aliphatic carbocycles. The number of benzene rings is 2. The van der Waals surface area contributed by atoms with Gasteiger partial charge in [0.1, 0.15) is 11.4 Å². The van der Waals surface area contributed by atoms with Gasteiger partial charge in [-0.05, 0) is 47.7 Å². The first-order valence-electron chi connectivity index (χ1n) is 9.32. The molecule has 0 spiro atoms. The molecule has 0 bridgehead atoms. The van der Waals surface area contributed by atoms with E-state index >= 15 is 0 Å². The van der Waals surface area contributed by atoms with Crippen molar-refractivity contribution in [3.05, 3.63) is 59.4 Å². The van der Waals surface area contributed by atoms with E-state index in [-0.39, 0.29) is 28.6 Å². The number of hydrogen-bond acceptors (Lipinski definition) is 5. The van der Waals surface area contributed by atoms with Gasteiger partial charge in [0.25, 0.3) is 7.34 Å². The summed E-state index contributed by atoms with van der Waals surface area (Å²) in [6.07, 6.45) is 0. The molecule has 3 aromatic rings. The lowest BCUT2D eigenvalue weighted by Crippen LogP contribution is -2.41. The molecule has 0 radical (unpaired) electrons. The summed E-state index contributed by atoms with van der Waals surface area (Å²) in [6, 6.07) is 9.44. The highest BCUT2D eigenvalue weighted by molar-refractivity contribution is 6.31. The molecule has 8 nitrogen and oxygen atoms in total. The molecule has 2 aromatic carbocycles. The molecule has 4 N–H and O–H groups in total. The van der Waals surface area contributed by atoms with Crippen LogP contribution in [0.4, 0.5) is 11.4 Å². The summed E-state index contributed by atoms with van der Waals surface area (Å²) in [5.74, 6) is -0.909. The van der Waals surface area contributed by atoms with Gasteiger partial charge in [0.05, 0.1) is 17.4 Å². The summed E-state index contributed by atoms with van der Waals surface area (Å²) < 4.78 is 40.6. The molecule has 1 amide bonds. The number of hydrogen-bond donors (Lipinski definition) is 4. The Morgan fingerprint density at radius 3 is 3.08 bits per heavy atom. The molecule has 0 saturated heterocycles. The van der Waals surface area contributed by atoms with Gasteiger partial charge in [-0.1, -0.05) is 16.3 Å². The van der Waals surface area contributed by atoms with E-state index in [1.54, 1.807) is 12.1 Å². The van der Waals surface area contributed by atoms with Crippen LogP contribution in [0.1, 0.15) is 7.20 Å². The van der Waals surface area contributed by atoms with Crippen molar-refractivity contribution >= 4 is 34.6 Å². The molecule has 0 atom stereocenters. The number of anilines is 2. The van der Waals surface area contributed by atoms with Gasteiger partial charge in [-0.2, -0.15) is 0 Å². The van der Waals surface area contributed by atoms with Crippen LogP contribution in [0.2, 0.25) is 9.26 Å². The fraction of sp³-hybridized carbons (Fsp3) is 0. The van der Waals surface area contributed by atoms with E-state index < -0.39 is 12.0 Å². The molecule has 124 valence electrons. The molecule has 25 heavy (non-hydrogen) atoms. The fourth-order valence-electron chi connectivity index (χ4n) is 2.28. The predicted octanol–water partition coefficient (Wildman–Crippen LogP) is 1.85. The number of aromatic nitrogens is 4. The Morgan fingerprint density at radius 1 is 1.44 bits per heavy atom. The van der Waals surface area contributed by atoms with Crippen molar-refractivity contribution in [2.45, 2.75) is 0 Å². The Hall–Kier alpha value is -3.39. The van der Waals surface area contributed by atoms with E-state index in [2.05, 4.69) is 15.4 Å². The summed E-state index contributed by atoms with van der Waals surface area (Å²) in [7, 11) is 0. The SMILES string of the molecule is [2H]Oc1ccc(N([2H])C(=O)/C([2H])=C2/c3nn([2H])n[n+]3-c3ccc(Cl)cc3N2[2H])cc1. The third kappa shape index (κ3) is 2.90. The van der Waals surface area contributed by atoms with E-state index in [1.165, 1.54) is 35.0 Å². The van der Waals surface area contributed by atoms with Crippen molar-refractivity contribution in [1.29, 1.82) is 1.43 Å². The summed E-state index contributed by atoms with van der Waals surface area (Å²) >= 11 is 6.03. The molecule has 0 fully saturated rings. The van der Waals surface area contributed by atoms with Crippen LogP contribution < -0.4 is 15.3 Å². The number of rotatable bonds is 3.